The summed E-state index contributed by atoms with van der Waals surface area (Å²) in [6.45, 7) is 0. The maximum atomic E-state index is 13.3. The summed E-state index contributed by atoms with van der Waals surface area (Å²) in [5, 5.41) is 3.74. The Morgan fingerprint density at radius 1 is 0.903 bits per heavy atom. The van der Waals surface area contributed by atoms with E-state index in [0.717, 1.165) is 27.5 Å². The molecule has 2 aromatic carbocycles. The van der Waals surface area contributed by atoms with Crippen molar-refractivity contribution < 1.29 is 4.79 Å². The summed E-state index contributed by atoms with van der Waals surface area (Å²) in [4.78, 5) is 34.2. The van der Waals surface area contributed by atoms with Gasteiger partial charge >= 0.3 is 5.69 Å². The first-order valence-electron chi connectivity index (χ1n) is 9.80. The summed E-state index contributed by atoms with van der Waals surface area (Å²) < 4.78 is 3.15. The predicted octanol–water partition coefficient (Wildman–Crippen LogP) is 3.74. The molecule has 0 radical (unpaired) electrons. The largest absolute Gasteiger partial charge is 0.328 e. The van der Waals surface area contributed by atoms with Gasteiger partial charge in [-0.15, -0.1) is 0 Å². The fourth-order valence-electron chi connectivity index (χ4n) is 3.82. The topological polar surface area (TPSA) is 81.8 Å². The van der Waals surface area contributed by atoms with E-state index in [2.05, 4.69) is 10.3 Å². The average molecular weight is 409 g/mol. The third-order valence-corrected chi connectivity index (χ3v) is 5.47. The molecule has 7 nitrogen and oxygen atoms in total. The second-order valence-corrected chi connectivity index (χ2v) is 7.37. The number of nitrogens with zero attached hydrogens (tertiary/aromatic N) is 4. The lowest BCUT2D eigenvalue weighted by molar-refractivity contribution is 0.102. The van der Waals surface area contributed by atoms with Gasteiger partial charge in [0.2, 0.25) is 0 Å². The van der Waals surface area contributed by atoms with E-state index >= 15 is 0 Å². The molecule has 0 bridgehead atoms. The second-order valence-electron chi connectivity index (χ2n) is 7.37. The Hall–Kier alpha value is -4.26. The van der Waals surface area contributed by atoms with Crippen molar-refractivity contribution in [2.45, 2.75) is 0 Å². The molecule has 0 spiro atoms. The van der Waals surface area contributed by atoms with Gasteiger partial charge in [-0.3, -0.25) is 18.9 Å². The molecule has 7 heteroatoms. The van der Waals surface area contributed by atoms with E-state index < -0.39 is 0 Å². The SMILES string of the molecule is Cn1c(=O)n(C)c2cc(NC(=O)c3cc(-c4ccncc4)nc4ccccc34)ccc21. The minimum atomic E-state index is -0.241. The van der Waals surface area contributed by atoms with Crippen LogP contribution in [0.1, 0.15) is 10.4 Å². The van der Waals surface area contributed by atoms with Crippen LogP contribution >= 0.6 is 0 Å². The van der Waals surface area contributed by atoms with Crippen LogP contribution < -0.4 is 11.0 Å². The van der Waals surface area contributed by atoms with Crippen molar-refractivity contribution in [3.63, 3.8) is 0 Å². The maximum absolute atomic E-state index is 13.3. The molecule has 0 unspecified atom stereocenters. The van der Waals surface area contributed by atoms with Crippen molar-refractivity contribution in [3.8, 4) is 11.3 Å². The summed E-state index contributed by atoms with van der Waals surface area (Å²) in [7, 11) is 3.44. The number of nitrogens with one attached hydrogen (secondary N) is 1. The van der Waals surface area contributed by atoms with Gasteiger partial charge in [0.1, 0.15) is 0 Å². The highest BCUT2D eigenvalue weighted by Crippen LogP contribution is 2.26. The van der Waals surface area contributed by atoms with Crippen LogP contribution in [0.5, 0.6) is 0 Å². The van der Waals surface area contributed by atoms with Crippen LogP contribution in [-0.2, 0) is 14.1 Å². The van der Waals surface area contributed by atoms with Crippen LogP contribution in [-0.4, -0.2) is 25.0 Å². The van der Waals surface area contributed by atoms with Crippen molar-refractivity contribution in [1.82, 2.24) is 19.1 Å². The molecule has 3 aromatic heterocycles. The molecule has 0 aliphatic heterocycles. The number of imidazole rings is 1. The zero-order valence-electron chi connectivity index (χ0n) is 17.0. The van der Waals surface area contributed by atoms with Gasteiger partial charge in [-0.05, 0) is 42.5 Å². The normalized spacial score (nSPS) is 11.2. The first-order valence-corrected chi connectivity index (χ1v) is 9.80. The van der Waals surface area contributed by atoms with Crippen molar-refractivity contribution in [1.29, 1.82) is 0 Å². The van der Waals surface area contributed by atoms with Gasteiger partial charge in [-0.1, -0.05) is 18.2 Å². The molecule has 1 N–H and O–H groups in total. The fraction of sp³-hybridized carbons (Fsp3) is 0.0833. The van der Waals surface area contributed by atoms with Gasteiger partial charge in [0.05, 0.1) is 27.8 Å². The highest BCUT2D eigenvalue weighted by molar-refractivity contribution is 6.13. The number of para-hydroxylation sites is 1. The number of aromatic nitrogens is 4. The molecule has 31 heavy (non-hydrogen) atoms. The minimum absolute atomic E-state index is 0.111. The molecule has 1 amide bonds. The van der Waals surface area contributed by atoms with E-state index in [9.17, 15) is 9.59 Å². The zero-order chi connectivity index (χ0) is 21.5. The first-order chi connectivity index (χ1) is 15.0. The van der Waals surface area contributed by atoms with Crippen molar-refractivity contribution in [2.24, 2.45) is 14.1 Å². The van der Waals surface area contributed by atoms with Crippen LogP contribution in [0, 0.1) is 0 Å². The Balaban J connectivity index is 1.59. The second kappa shape index (κ2) is 7.21. The number of hydrogen-bond acceptors (Lipinski definition) is 4. The number of carbonyl (C=O) groups excluding carboxylic acids is 1. The Kier molecular flexibility index (Phi) is 4.36. The summed E-state index contributed by atoms with van der Waals surface area (Å²) in [5.74, 6) is -0.241. The first kappa shape index (κ1) is 18.7. The van der Waals surface area contributed by atoms with Crippen LogP contribution in [0.15, 0.2) is 77.9 Å². The Labute approximate surface area is 177 Å². The average Bonchev–Trinajstić information content (AvgIpc) is 3.02. The molecule has 152 valence electrons. The molecule has 0 fully saturated rings. The number of fused-ring (bicyclic) bond motifs is 2. The highest BCUT2D eigenvalue weighted by Gasteiger charge is 2.15. The Morgan fingerprint density at radius 2 is 1.65 bits per heavy atom. The lowest BCUT2D eigenvalue weighted by Gasteiger charge is -2.11. The molecule has 0 saturated heterocycles. The number of aryl methyl sites for hydroxylation is 2. The van der Waals surface area contributed by atoms with E-state index in [1.165, 1.54) is 0 Å². The molecule has 5 aromatic rings. The Morgan fingerprint density at radius 3 is 2.45 bits per heavy atom. The van der Waals surface area contributed by atoms with E-state index in [1.54, 1.807) is 47.8 Å². The van der Waals surface area contributed by atoms with E-state index in [4.69, 9.17) is 4.98 Å². The Bertz CT molecular complexity index is 1520. The summed E-state index contributed by atoms with van der Waals surface area (Å²) in [6.07, 6.45) is 3.40. The third-order valence-electron chi connectivity index (χ3n) is 5.47. The number of benzene rings is 2. The van der Waals surface area contributed by atoms with Gasteiger partial charge in [0.25, 0.3) is 5.91 Å². The standard InChI is InChI=1S/C24H19N5O2/c1-28-21-8-7-16(13-22(21)29(2)24(28)31)26-23(30)18-14-20(15-9-11-25-12-10-15)27-19-6-4-3-5-17(18)19/h3-14H,1-2H3,(H,26,30). The van der Waals surface area contributed by atoms with Crippen molar-refractivity contribution >= 4 is 33.5 Å². The molecule has 0 atom stereocenters. The van der Waals surface area contributed by atoms with Gasteiger partial charge in [0.15, 0.2) is 0 Å². The van der Waals surface area contributed by atoms with Gasteiger partial charge in [0, 0.05) is 43.1 Å². The van der Waals surface area contributed by atoms with Crippen molar-refractivity contribution in [2.75, 3.05) is 5.32 Å². The number of pyridine rings is 2. The van der Waals surface area contributed by atoms with E-state index in [0.29, 0.717) is 16.9 Å². The number of rotatable bonds is 3. The van der Waals surface area contributed by atoms with Gasteiger partial charge < -0.3 is 5.32 Å². The fourth-order valence-corrected chi connectivity index (χ4v) is 3.82. The quantitative estimate of drug-likeness (QED) is 0.492. The lowest BCUT2D eigenvalue weighted by Crippen LogP contribution is -2.19. The summed E-state index contributed by atoms with van der Waals surface area (Å²) in [6, 6.07) is 18.5. The third kappa shape index (κ3) is 3.16. The number of hydrogen-bond donors (Lipinski definition) is 1. The van der Waals surface area contributed by atoms with Crippen LogP contribution in [0.4, 0.5) is 5.69 Å². The molecule has 0 saturated carbocycles. The molecular weight excluding hydrogens is 390 g/mol. The van der Waals surface area contributed by atoms with Crippen LogP contribution in [0.25, 0.3) is 33.2 Å². The smallest absolute Gasteiger partial charge is 0.322 e. The minimum Gasteiger partial charge on any atom is -0.322 e. The summed E-state index contributed by atoms with van der Waals surface area (Å²) >= 11 is 0. The monoisotopic (exact) mass is 409 g/mol. The lowest BCUT2D eigenvalue weighted by atomic mass is 10.0. The maximum Gasteiger partial charge on any atom is 0.328 e. The highest BCUT2D eigenvalue weighted by atomic mass is 16.2. The number of amides is 1. The van der Waals surface area contributed by atoms with Gasteiger partial charge in [-0.25, -0.2) is 9.78 Å². The number of carbonyl (C=O) groups is 1. The molecule has 0 aliphatic rings. The predicted molar refractivity (Wildman–Crippen MR) is 121 cm³/mol. The molecular formula is C24H19N5O2. The molecule has 0 aliphatic carbocycles. The van der Waals surface area contributed by atoms with E-state index in [-0.39, 0.29) is 11.6 Å². The van der Waals surface area contributed by atoms with Gasteiger partial charge in [-0.2, -0.15) is 0 Å². The molecule has 3 heterocycles. The summed E-state index contributed by atoms with van der Waals surface area (Å²) in [5.41, 5.74) is 4.91. The zero-order valence-corrected chi connectivity index (χ0v) is 17.0. The molecule has 5 rings (SSSR count). The number of anilines is 1. The van der Waals surface area contributed by atoms with Crippen LogP contribution in [0.3, 0.4) is 0 Å². The van der Waals surface area contributed by atoms with Crippen LogP contribution in [0.2, 0.25) is 0 Å². The van der Waals surface area contributed by atoms with Crippen molar-refractivity contribution in [3.05, 3.63) is 89.1 Å². The van der Waals surface area contributed by atoms with E-state index in [1.807, 2.05) is 48.5 Å².